The Hall–Kier alpha value is -0.530. The third kappa shape index (κ3) is 3.23. The third-order valence-electron chi connectivity index (χ3n) is 3.49. The van der Waals surface area contributed by atoms with E-state index in [4.69, 9.17) is 11.6 Å². The number of benzene rings is 1. The van der Waals surface area contributed by atoms with Crippen LogP contribution in [-0.2, 0) is 6.54 Å². The predicted octanol–water partition coefficient (Wildman–Crippen LogP) is 3.49. The molecular formula is C14H20ClN. The molecule has 0 bridgehead atoms. The second-order valence-electron chi connectivity index (χ2n) is 4.83. The second kappa shape index (κ2) is 5.70. The van der Waals surface area contributed by atoms with Crippen molar-refractivity contribution in [3.05, 3.63) is 35.4 Å². The first kappa shape index (κ1) is 11.9. The van der Waals surface area contributed by atoms with E-state index in [1.807, 2.05) is 0 Å². The molecule has 0 heterocycles. The van der Waals surface area contributed by atoms with E-state index < -0.39 is 0 Å². The average molecular weight is 238 g/mol. The van der Waals surface area contributed by atoms with Crippen molar-refractivity contribution in [1.82, 2.24) is 5.32 Å². The SMILES string of the molecule is Cc1ccccc1CNCC1CCC(Cl)C1. The van der Waals surface area contributed by atoms with E-state index in [0.29, 0.717) is 5.38 Å². The van der Waals surface area contributed by atoms with Crippen LogP contribution in [0.5, 0.6) is 0 Å². The Morgan fingerprint density at radius 2 is 2.12 bits per heavy atom. The van der Waals surface area contributed by atoms with Crippen molar-refractivity contribution in [2.75, 3.05) is 6.54 Å². The van der Waals surface area contributed by atoms with Gasteiger partial charge in [0.05, 0.1) is 0 Å². The second-order valence-corrected chi connectivity index (χ2v) is 5.45. The van der Waals surface area contributed by atoms with Crippen molar-refractivity contribution in [3.8, 4) is 0 Å². The Kier molecular flexibility index (Phi) is 4.25. The highest BCUT2D eigenvalue weighted by Crippen LogP contribution is 2.28. The molecule has 1 aliphatic rings. The number of halogens is 1. The quantitative estimate of drug-likeness (QED) is 0.791. The summed E-state index contributed by atoms with van der Waals surface area (Å²) in [5.74, 6) is 0.784. The summed E-state index contributed by atoms with van der Waals surface area (Å²) in [7, 11) is 0. The van der Waals surface area contributed by atoms with Crippen LogP contribution in [0.15, 0.2) is 24.3 Å². The van der Waals surface area contributed by atoms with Gasteiger partial charge in [-0.15, -0.1) is 11.6 Å². The van der Waals surface area contributed by atoms with Crippen molar-refractivity contribution in [3.63, 3.8) is 0 Å². The minimum atomic E-state index is 0.422. The summed E-state index contributed by atoms with van der Waals surface area (Å²) >= 11 is 6.10. The summed E-state index contributed by atoms with van der Waals surface area (Å²) in [5.41, 5.74) is 2.78. The van der Waals surface area contributed by atoms with Crippen molar-refractivity contribution in [2.24, 2.45) is 5.92 Å². The minimum Gasteiger partial charge on any atom is -0.312 e. The van der Waals surface area contributed by atoms with Crippen LogP contribution in [0, 0.1) is 12.8 Å². The summed E-state index contributed by atoms with van der Waals surface area (Å²) in [6, 6.07) is 8.56. The number of aryl methyl sites for hydroxylation is 1. The molecule has 16 heavy (non-hydrogen) atoms. The predicted molar refractivity (Wildman–Crippen MR) is 69.9 cm³/mol. The van der Waals surface area contributed by atoms with Gasteiger partial charge in [-0.3, -0.25) is 0 Å². The zero-order chi connectivity index (χ0) is 11.4. The monoisotopic (exact) mass is 237 g/mol. The summed E-state index contributed by atoms with van der Waals surface area (Å²) in [6.45, 7) is 4.26. The van der Waals surface area contributed by atoms with Gasteiger partial charge in [-0.25, -0.2) is 0 Å². The van der Waals surface area contributed by atoms with Crippen molar-refractivity contribution >= 4 is 11.6 Å². The molecule has 88 valence electrons. The van der Waals surface area contributed by atoms with E-state index in [9.17, 15) is 0 Å². The molecule has 1 fully saturated rings. The van der Waals surface area contributed by atoms with E-state index in [1.165, 1.54) is 30.4 Å². The third-order valence-corrected chi connectivity index (χ3v) is 3.88. The van der Waals surface area contributed by atoms with E-state index in [1.54, 1.807) is 0 Å². The first-order valence-corrected chi connectivity index (χ1v) is 6.58. The van der Waals surface area contributed by atoms with Crippen LogP contribution < -0.4 is 5.32 Å². The molecule has 0 aliphatic heterocycles. The molecule has 1 aromatic rings. The molecule has 0 radical (unpaired) electrons. The Bertz CT molecular complexity index is 337. The summed E-state index contributed by atoms with van der Waals surface area (Å²) in [4.78, 5) is 0. The summed E-state index contributed by atoms with van der Waals surface area (Å²) in [5, 5.41) is 3.97. The number of hydrogen-bond acceptors (Lipinski definition) is 1. The van der Waals surface area contributed by atoms with Crippen molar-refractivity contribution < 1.29 is 0 Å². The van der Waals surface area contributed by atoms with Gasteiger partial charge in [0.15, 0.2) is 0 Å². The van der Waals surface area contributed by atoms with E-state index in [2.05, 4.69) is 36.5 Å². The highest BCUT2D eigenvalue weighted by atomic mass is 35.5. The molecule has 1 N–H and O–H groups in total. The zero-order valence-electron chi connectivity index (χ0n) is 9.88. The lowest BCUT2D eigenvalue weighted by Crippen LogP contribution is -2.21. The highest BCUT2D eigenvalue weighted by molar-refractivity contribution is 6.20. The maximum atomic E-state index is 6.10. The molecule has 2 unspecified atom stereocenters. The first-order valence-electron chi connectivity index (χ1n) is 6.15. The molecule has 1 aliphatic carbocycles. The van der Waals surface area contributed by atoms with Gasteiger partial charge in [0.1, 0.15) is 0 Å². The lowest BCUT2D eigenvalue weighted by molar-refractivity contribution is 0.489. The zero-order valence-corrected chi connectivity index (χ0v) is 10.6. The van der Waals surface area contributed by atoms with E-state index in [0.717, 1.165) is 19.0 Å². The van der Waals surface area contributed by atoms with E-state index >= 15 is 0 Å². The average Bonchev–Trinajstić information content (AvgIpc) is 2.67. The van der Waals surface area contributed by atoms with Crippen molar-refractivity contribution in [2.45, 2.75) is 38.1 Å². The van der Waals surface area contributed by atoms with E-state index in [-0.39, 0.29) is 0 Å². The molecule has 0 amide bonds. The first-order chi connectivity index (χ1) is 7.75. The fourth-order valence-electron chi connectivity index (χ4n) is 2.42. The Balaban J connectivity index is 1.74. The minimum absolute atomic E-state index is 0.422. The largest absolute Gasteiger partial charge is 0.312 e. The molecule has 2 atom stereocenters. The fourth-order valence-corrected chi connectivity index (χ4v) is 2.80. The maximum absolute atomic E-state index is 6.10. The topological polar surface area (TPSA) is 12.0 Å². The van der Waals surface area contributed by atoms with Crippen LogP contribution in [-0.4, -0.2) is 11.9 Å². The molecule has 1 nitrogen and oxygen atoms in total. The van der Waals surface area contributed by atoms with Crippen LogP contribution in [0.2, 0.25) is 0 Å². The molecule has 0 saturated heterocycles. The van der Waals surface area contributed by atoms with Crippen LogP contribution in [0.3, 0.4) is 0 Å². The molecule has 0 spiro atoms. The molecule has 2 heteroatoms. The fraction of sp³-hybridized carbons (Fsp3) is 0.571. The Labute approximate surface area is 103 Å². The van der Waals surface area contributed by atoms with Gasteiger partial charge in [0, 0.05) is 11.9 Å². The van der Waals surface area contributed by atoms with Gasteiger partial charge in [-0.1, -0.05) is 24.3 Å². The number of hydrogen-bond donors (Lipinski definition) is 1. The smallest absolute Gasteiger partial charge is 0.0339 e. The Morgan fingerprint density at radius 1 is 1.31 bits per heavy atom. The number of alkyl halides is 1. The van der Waals surface area contributed by atoms with Gasteiger partial charge in [0.2, 0.25) is 0 Å². The van der Waals surface area contributed by atoms with Gasteiger partial charge in [-0.2, -0.15) is 0 Å². The van der Waals surface area contributed by atoms with Gasteiger partial charge in [0.25, 0.3) is 0 Å². The molecular weight excluding hydrogens is 218 g/mol. The summed E-state index contributed by atoms with van der Waals surface area (Å²) < 4.78 is 0. The molecule has 1 saturated carbocycles. The Morgan fingerprint density at radius 3 is 2.81 bits per heavy atom. The lowest BCUT2D eigenvalue weighted by Gasteiger charge is -2.12. The van der Waals surface area contributed by atoms with Crippen molar-refractivity contribution in [1.29, 1.82) is 0 Å². The molecule has 0 aromatic heterocycles. The van der Waals surface area contributed by atoms with Gasteiger partial charge >= 0.3 is 0 Å². The molecule has 2 rings (SSSR count). The van der Waals surface area contributed by atoms with Crippen LogP contribution in [0.1, 0.15) is 30.4 Å². The normalized spacial score (nSPS) is 24.9. The number of nitrogens with one attached hydrogen (secondary N) is 1. The maximum Gasteiger partial charge on any atom is 0.0339 e. The number of rotatable bonds is 4. The van der Waals surface area contributed by atoms with Gasteiger partial charge < -0.3 is 5.32 Å². The lowest BCUT2D eigenvalue weighted by atomic mass is 10.1. The highest BCUT2D eigenvalue weighted by Gasteiger charge is 2.22. The van der Waals surface area contributed by atoms with Crippen LogP contribution in [0.25, 0.3) is 0 Å². The molecule has 1 aromatic carbocycles. The summed E-state index contributed by atoms with van der Waals surface area (Å²) in [6.07, 6.45) is 3.66. The standard InChI is InChI=1S/C14H20ClN/c1-11-4-2-3-5-13(11)10-16-9-12-6-7-14(15)8-12/h2-5,12,14,16H,6-10H2,1H3. The van der Waals surface area contributed by atoms with Gasteiger partial charge in [-0.05, 0) is 49.8 Å². The van der Waals surface area contributed by atoms with Crippen LogP contribution >= 0.6 is 11.6 Å². The van der Waals surface area contributed by atoms with Crippen LogP contribution in [0.4, 0.5) is 0 Å².